The van der Waals surface area contributed by atoms with Crippen LogP contribution in [0, 0.1) is 0 Å². The maximum absolute atomic E-state index is 5.08. The zero-order valence-electron chi connectivity index (χ0n) is 60.9. The van der Waals surface area contributed by atoms with Gasteiger partial charge in [0, 0.05) is 84.8 Å². The highest BCUT2D eigenvalue weighted by Crippen LogP contribution is 2.42. The van der Waals surface area contributed by atoms with Gasteiger partial charge in [0.25, 0.3) is 6.71 Å². The zero-order valence-corrected chi connectivity index (χ0v) is 60.9. The van der Waals surface area contributed by atoms with E-state index < -0.39 is 0 Å². The molecule has 0 N–H and O–H groups in total. The Bertz CT molecular complexity index is 6380. The van der Waals surface area contributed by atoms with Crippen LogP contribution in [-0.4, -0.2) is 34.7 Å². The summed E-state index contributed by atoms with van der Waals surface area (Å²) in [6.07, 6.45) is 1.89. The number of aromatic nitrogens is 3. The molecule has 518 valence electrons. The smallest absolute Gasteiger partial charge is 0.269 e. The number of pyridine rings is 2. The monoisotopic (exact) mass is 1410 g/mol. The average Bonchev–Trinajstić information content (AvgIpc) is 1.46. The van der Waals surface area contributed by atoms with Crippen LogP contribution in [0.1, 0.15) is 0 Å². The van der Waals surface area contributed by atoms with Gasteiger partial charge in [0.05, 0.1) is 22.1 Å². The van der Waals surface area contributed by atoms with Crippen LogP contribution < -0.4 is 64.0 Å². The van der Waals surface area contributed by atoms with Crippen LogP contribution in [0.4, 0.5) is 51.2 Å². The fourth-order valence-electron chi connectivity index (χ4n) is 17.6. The first kappa shape index (κ1) is 66.2. The molecule has 0 atom stereocenters. The standard InChI is InChI=1S/C48H33BN2.2C27H19BN2/c1-3-16-34(17-4-1)38-22-15-23-39(35-18-5-2-6-19-35)48(38)49-42-24-9-13-28-46(42)51(47-29-14-10-25-43(47)49)37-32-30-36(31-33-37)50-44-26-11-7-20-40(44)41-21-8-12-27-45(41)50;1-2-11-21(12-3-1)30-25-16-8-5-13-22(25)28(23-14-6-9-17-26(23)30)27-19-18-20-10-4-7-15-24(20)29-27;1-2-12-21(13-3-1)30-25-17-6-4-14-22(25)28(23-15-5-7-18-26(23)30)24-16-8-10-20-11-9-19-29-27(20)24/h1-33H;2*1-19H. The van der Waals surface area contributed by atoms with Crippen LogP contribution >= 0.6 is 0 Å². The number of para-hydroxylation sites is 12. The summed E-state index contributed by atoms with van der Waals surface area (Å²) in [6.45, 7) is 0.259. The van der Waals surface area contributed by atoms with Crippen molar-refractivity contribution in [3.05, 3.63) is 431 Å². The van der Waals surface area contributed by atoms with E-state index in [0.29, 0.717) is 0 Å². The topological polar surface area (TPSA) is 40.4 Å². The van der Waals surface area contributed by atoms with Crippen LogP contribution in [-0.2, 0) is 0 Å². The van der Waals surface area contributed by atoms with E-state index in [0.717, 1.165) is 28.0 Å². The van der Waals surface area contributed by atoms with E-state index >= 15 is 0 Å². The molecule has 0 spiro atoms. The van der Waals surface area contributed by atoms with E-state index in [-0.39, 0.29) is 20.1 Å². The molecule has 19 aromatic rings. The number of anilines is 9. The second kappa shape index (κ2) is 28.8. The minimum atomic E-state index is 0.0251. The Morgan fingerprint density at radius 3 is 1.06 bits per heavy atom. The molecule has 3 aliphatic heterocycles. The van der Waals surface area contributed by atoms with Gasteiger partial charge in [-0.25, -0.2) is 0 Å². The van der Waals surface area contributed by atoms with Gasteiger partial charge in [-0.05, 0) is 181 Å². The molecule has 0 amide bonds. The number of nitrogens with zero attached hydrogens (tertiary/aromatic N) is 6. The van der Waals surface area contributed by atoms with Crippen LogP contribution in [0.2, 0.25) is 0 Å². The summed E-state index contributed by atoms with van der Waals surface area (Å²) in [5.41, 5.74) is 32.8. The van der Waals surface area contributed by atoms with Gasteiger partial charge in [-0.3, -0.25) is 9.97 Å². The highest BCUT2D eigenvalue weighted by atomic mass is 15.2. The Balaban J connectivity index is 0.000000115. The van der Waals surface area contributed by atoms with Crippen molar-refractivity contribution in [2.24, 2.45) is 0 Å². The van der Waals surface area contributed by atoms with Crippen molar-refractivity contribution in [2.45, 2.75) is 0 Å². The summed E-state index contributed by atoms with van der Waals surface area (Å²) in [7, 11) is 0. The quantitative estimate of drug-likeness (QED) is 0.135. The van der Waals surface area contributed by atoms with Gasteiger partial charge < -0.3 is 19.3 Å². The van der Waals surface area contributed by atoms with Crippen molar-refractivity contribution >= 4 is 164 Å². The molecule has 0 unspecified atom stereocenters. The van der Waals surface area contributed by atoms with E-state index in [1.807, 2.05) is 12.3 Å². The lowest BCUT2D eigenvalue weighted by atomic mass is 9.33. The Morgan fingerprint density at radius 2 is 0.577 bits per heavy atom. The summed E-state index contributed by atoms with van der Waals surface area (Å²) in [4.78, 5) is 17.0. The van der Waals surface area contributed by atoms with Gasteiger partial charge in [0.2, 0.25) is 13.4 Å². The molecule has 22 rings (SSSR count). The molecule has 0 aliphatic carbocycles. The fraction of sp³-hybridized carbons (Fsp3) is 0. The molecule has 0 saturated heterocycles. The number of rotatable bonds is 9. The van der Waals surface area contributed by atoms with Crippen molar-refractivity contribution in [2.75, 3.05) is 14.7 Å². The molecular formula is C102H71B3N6. The second-order valence-corrected chi connectivity index (χ2v) is 28.6. The molecule has 6 heterocycles. The maximum Gasteiger partial charge on any atom is 0.269 e. The van der Waals surface area contributed by atoms with E-state index in [1.165, 1.54) is 144 Å². The summed E-state index contributed by atoms with van der Waals surface area (Å²) >= 11 is 0. The fourth-order valence-corrected chi connectivity index (χ4v) is 17.6. The van der Waals surface area contributed by atoms with E-state index in [1.54, 1.807) is 0 Å². The maximum atomic E-state index is 5.08. The molecular weight excluding hydrogens is 1340 g/mol. The summed E-state index contributed by atoms with van der Waals surface area (Å²) in [6, 6.07) is 152. The van der Waals surface area contributed by atoms with Crippen molar-refractivity contribution in [3.8, 4) is 27.9 Å². The van der Waals surface area contributed by atoms with Crippen LogP contribution in [0.5, 0.6) is 0 Å². The van der Waals surface area contributed by atoms with E-state index in [9.17, 15) is 0 Å². The Hall–Kier alpha value is -14.3. The van der Waals surface area contributed by atoms with E-state index in [4.69, 9.17) is 9.97 Å². The Morgan fingerprint density at radius 1 is 0.225 bits per heavy atom. The number of fused-ring (bicyclic) bond motifs is 11. The van der Waals surface area contributed by atoms with Crippen LogP contribution in [0.3, 0.4) is 0 Å². The van der Waals surface area contributed by atoms with Gasteiger partial charge in [-0.15, -0.1) is 0 Å². The van der Waals surface area contributed by atoms with Gasteiger partial charge in [0.15, 0.2) is 0 Å². The SMILES string of the molecule is c1ccc(-c2cccc(-c3ccccc3)c2B2c3ccccc3N(c3ccc(-n4c5ccccc5c5ccccc54)cc3)c3ccccc32)cc1.c1ccc(N2c3ccccc3B(c3ccc4ccccc4n3)c3ccccc32)cc1.c1ccc(N2c3ccccc3B(c3cccc4cccnc34)c3ccccc32)cc1. The third kappa shape index (κ3) is 11.8. The number of benzene rings is 16. The van der Waals surface area contributed by atoms with Crippen molar-refractivity contribution in [1.82, 2.24) is 14.5 Å². The van der Waals surface area contributed by atoms with Gasteiger partial charge in [-0.1, -0.05) is 315 Å². The highest BCUT2D eigenvalue weighted by molar-refractivity contribution is 7.00. The van der Waals surface area contributed by atoms with Gasteiger partial charge >= 0.3 is 0 Å². The lowest BCUT2D eigenvalue weighted by Crippen LogP contribution is -2.58. The first-order valence-corrected chi connectivity index (χ1v) is 38.2. The van der Waals surface area contributed by atoms with E-state index in [2.05, 4.69) is 438 Å². The van der Waals surface area contributed by atoms with Crippen molar-refractivity contribution < 1.29 is 0 Å². The molecule has 0 bridgehead atoms. The predicted octanol–water partition coefficient (Wildman–Crippen LogP) is 19.5. The largest absolute Gasteiger partial charge is 0.312 e. The minimum Gasteiger partial charge on any atom is -0.312 e. The first-order valence-electron chi connectivity index (χ1n) is 38.2. The van der Waals surface area contributed by atoms with Gasteiger partial charge in [-0.2, -0.15) is 0 Å². The third-order valence-electron chi connectivity index (χ3n) is 22.4. The number of hydrogen-bond donors (Lipinski definition) is 0. The second-order valence-electron chi connectivity index (χ2n) is 28.6. The summed E-state index contributed by atoms with van der Waals surface area (Å²) < 4.78 is 2.38. The third-order valence-corrected chi connectivity index (χ3v) is 22.4. The number of hydrogen-bond acceptors (Lipinski definition) is 5. The molecule has 16 aromatic carbocycles. The average molecular weight is 1410 g/mol. The van der Waals surface area contributed by atoms with Crippen molar-refractivity contribution in [1.29, 1.82) is 0 Å². The molecule has 0 fully saturated rings. The predicted molar refractivity (Wildman–Crippen MR) is 472 cm³/mol. The van der Waals surface area contributed by atoms with Crippen molar-refractivity contribution in [3.63, 3.8) is 0 Å². The minimum absolute atomic E-state index is 0.0251. The van der Waals surface area contributed by atoms with Crippen LogP contribution in [0.25, 0.3) is 71.6 Å². The normalized spacial score (nSPS) is 12.4. The molecule has 111 heavy (non-hydrogen) atoms. The summed E-state index contributed by atoms with van der Waals surface area (Å²) in [5.74, 6) is 0. The Labute approximate surface area is 648 Å². The molecule has 6 nitrogen and oxygen atoms in total. The highest BCUT2D eigenvalue weighted by Gasteiger charge is 2.40. The molecule has 0 radical (unpaired) electrons. The lowest BCUT2D eigenvalue weighted by Gasteiger charge is -2.38. The zero-order chi connectivity index (χ0) is 73.6. The first-order chi connectivity index (χ1) is 55.2. The molecule has 9 heteroatoms. The molecule has 0 saturated carbocycles. The van der Waals surface area contributed by atoms with Crippen LogP contribution in [0.15, 0.2) is 431 Å². The Kier molecular flexibility index (Phi) is 17.2. The lowest BCUT2D eigenvalue weighted by molar-refractivity contribution is 1.17. The van der Waals surface area contributed by atoms with Gasteiger partial charge in [0.1, 0.15) is 0 Å². The molecule has 3 aliphatic rings. The summed E-state index contributed by atoms with van der Waals surface area (Å²) in [5, 5.41) is 4.89. The molecule has 3 aromatic heterocycles.